The van der Waals surface area contributed by atoms with Gasteiger partial charge in [0.15, 0.2) is 0 Å². The van der Waals surface area contributed by atoms with Gasteiger partial charge in [-0.25, -0.2) is 9.36 Å². The van der Waals surface area contributed by atoms with Crippen LogP contribution in [0.5, 0.6) is 0 Å². The molecule has 38 heavy (non-hydrogen) atoms. The Balaban J connectivity index is 1.42. The summed E-state index contributed by atoms with van der Waals surface area (Å²) in [4.78, 5) is 17.7. The van der Waals surface area contributed by atoms with Crippen LogP contribution in [0.2, 0.25) is 0 Å². The number of amides is 1. The summed E-state index contributed by atoms with van der Waals surface area (Å²) in [6.07, 6.45) is 5.53. The third-order valence-corrected chi connectivity index (χ3v) is 6.69. The van der Waals surface area contributed by atoms with Gasteiger partial charge in [-0.1, -0.05) is 50.3 Å². The van der Waals surface area contributed by atoms with Gasteiger partial charge >= 0.3 is 0 Å². The molecular formula is C30H31N7O. The van der Waals surface area contributed by atoms with Gasteiger partial charge in [0.2, 0.25) is 0 Å². The lowest BCUT2D eigenvalue weighted by atomic mass is 9.87. The van der Waals surface area contributed by atoms with E-state index in [4.69, 9.17) is 0 Å². The van der Waals surface area contributed by atoms with Crippen LogP contribution in [0, 0.1) is 20.8 Å². The number of hydrogen-bond acceptors (Lipinski definition) is 5. The van der Waals surface area contributed by atoms with Gasteiger partial charge in [-0.15, -0.1) is 5.10 Å². The number of nitrogens with zero attached hydrogens (tertiary/aromatic N) is 6. The molecule has 0 radical (unpaired) electrons. The number of hydrogen-bond donors (Lipinski definition) is 1. The minimum Gasteiger partial charge on any atom is -0.322 e. The molecule has 0 aliphatic heterocycles. The van der Waals surface area contributed by atoms with Crippen molar-refractivity contribution in [2.24, 2.45) is 0 Å². The molecule has 8 heteroatoms. The van der Waals surface area contributed by atoms with Crippen LogP contribution in [0.3, 0.4) is 0 Å². The fourth-order valence-corrected chi connectivity index (χ4v) is 4.30. The number of aryl methyl sites for hydroxylation is 2. The second-order valence-electron chi connectivity index (χ2n) is 10.5. The van der Waals surface area contributed by atoms with Crippen LogP contribution < -0.4 is 5.32 Å². The van der Waals surface area contributed by atoms with E-state index in [-0.39, 0.29) is 11.3 Å². The minimum atomic E-state index is -0.195. The highest BCUT2D eigenvalue weighted by atomic mass is 16.1. The van der Waals surface area contributed by atoms with Crippen molar-refractivity contribution in [1.29, 1.82) is 0 Å². The highest BCUT2D eigenvalue weighted by molar-refractivity contribution is 6.05. The molecule has 0 bridgehead atoms. The molecule has 0 spiro atoms. The normalized spacial score (nSPS) is 11.5. The van der Waals surface area contributed by atoms with E-state index in [9.17, 15) is 4.79 Å². The first-order valence-corrected chi connectivity index (χ1v) is 12.5. The average molecular weight is 506 g/mol. The van der Waals surface area contributed by atoms with Gasteiger partial charge in [0, 0.05) is 23.1 Å². The van der Waals surface area contributed by atoms with Gasteiger partial charge in [-0.2, -0.15) is 5.10 Å². The Hall–Kier alpha value is -4.59. The van der Waals surface area contributed by atoms with E-state index >= 15 is 0 Å². The maximum absolute atomic E-state index is 13.2. The first-order valence-electron chi connectivity index (χ1n) is 12.5. The average Bonchev–Trinajstić information content (AvgIpc) is 3.52. The Morgan fingerprint density at radius 3 is 2.45 bits per heavy atom. The van der Waals surface area contributed by atoms with Crippen molar-refractivity contribution in [3.05, 3.63) is 101 Å². The number of anilines is 1. The standard InChI is InChI=1S/C30H31N7O/c1-19-12-13-23(33-29(38)25-14-22(30(4,5)6)16-31-20(25)2)15-28(19)36-18-27(34-35-36)26-17-32-37(21(26)3)24-10-8-7-9-11-24/h7-18H,1-6H3,(H,33,38). The summed E-state index contributed by atoms with van der Waals surface area (Å²) in [6, 6.07) is 17.7. The molecule has 3 heterocycles. The Morgan fingerprint density at radius 1 is 0.947 bits per heavy atom. The number of nitrogens with one attached hydrogen (secondary N) is 1. The van der Waals surface area contributed by atoms with Crippen LogP contribution in [0.25, 0.3) is 22.6 Å². The highest BCUT2D eigenvalue weighted by Crippen LogP contribution is 2.27. The zero-order valence-corrected chi connectivity index (χ0v) is 22.5. The summed E-state index contributed by atoms with van der Waals surface area (Å²) < 4.78 is 3.62. The third kappa shape index (κ3) is 4.85. The largest absolute Gasteiger partial charge is 0.322 e. The van der Waals surface area contributed by atoms with Crippen molar-refractivity contribution in [3.63, 3.8) is 0 Å². The van der Waals surface area contributed by atoms with Crippen molar-refractivity contribution in [2.45, 2.75) is 47.0 Å². The van der Waals surface area contributed by atoms with E-state index in [0.717, 1.165) is 39.5 Å². The lowest BCUT2D eigenvalue weighted by Crippen LogP contribution is -2.18. The van der Waals surface area contributed by atoms with Crippen molar-refractivity contribution in [3.8, 4) is 22.6 Å². The van der Waals surface area contributed by atoms with E-state index in [1.165, 1.54) is 0 Å². The molecule has 1 N–H and O–H groups in total. The quantitative estimate of drug-likeness (QED) is 0.317. The van der Waals surface area contributed by atoms with E-state index in [1.54, 1.807) is 4.68 Å². The Bertz CT molecular complexity index is 1620. The van der Waals surface area contributed by atoms with Crippen LogP contribution >= 0.6 is 0 Å². The predicted molar refractivity (Wildman–Crippen MR) is 149 cm³/mol. The molecule has 1 amide bonds. The fraction of sp³-hybridized carbons (Fsp3) is 0.233. The topological polar surface area (TPSA) is 90.5 Å². The molecule has 0 aliphatic rings. The lowest BCUT2D eigenvalue weighted by molar-refractivity contribution is 0.102. The maximum atomic E-state index is 13.2. The van der Waals surface area contributed by atoms with Gasteiger partial charge in [0.25, 0.3) is 5.91 Å². The van der Waals surface area contributed by atoms with Crippen LogP contribution in [-0.2, 0) is 5.41 Å². The second-order valence-corrected chi connectivity index (χ2v) is 10.5. The Kier molecular flexibility index (Phi) is 6.40. The third-order valence-electron chi connectivity index (χ3n) is 6.69. The van der Waals surface area contributed by atoms with Crippen LogP contribution in [0.4, 0.5) is 5.69 Å². The van der Waals surface area contributed by atoms with Crippen molar-refractivity contribution in [2.75, 3.05) is 5.32 Å². The molecule has 192 valence electrons. The summed E-state index contributed by atoms with van der Waals surface area (Å²) in [6.45, 7) is 12.2. The van der Waals surface area contributed by atoms with Crippen LogP contribution in [0.15, 0.2) is 73.2 Å². The molecule has 5 rings (SSSR count). The molecule has 0 saturated heterocycles. The van der Waals surface area contributed by atoms with E-state index in [1.807, 2.05) is 98.6 Å². The number of aromatic nitrogens is 6. The first-order chi connectivity index (χ1) is 18.1. The summed E-state index contributed by atoms with van der Waals surface area (Å²) in [7, 11) is 0. The van der Waals surface area contributed by atoms with Gasteiger partial charge < -0.3 is 5.32 Å². The molecule has 0 fully saturated rings. The molecule has 0 saturated carbocycles. The molecule has 8 nitrogen and oxygen atoms in total. The van der Waals surface area contributed by atoms with Gasteiger partial charge in [0.05, 0.1) is 35.0 Å². The van der Waals surface area contributed by atoms with E-state index < -0.39 is 0 Å². The number of para-hydroxylation sites is 1. The number of benzene rings is 2. The SMILES string of the molecule is Cc1ccc(NC(=O)c2cc(C(C)(C)C)cnc2C)cc1-n1cc(-c2cnn(-c3ccccc3)c2C)nn1. The fourth-order valence-electron chi connectivity index (χ4n) is 4.30. The number of pyridine rings is 1. The first kappa shape index (κ1) is 25.1. The Morgan fingerprint density at radius 2 is 1.71 bits per heavy atom. The monoisotopic (exact) mass is 505 g/mol. The van der Waals surface area contributed by atoms with Gasteiger partial charge in [-0.05, 0) is 67.6 Å². The molecular weight excluding hydrogens is 474 g/mol. The summed E-state index contributed by atoms with van der Waals surface area (Å²) in [5.41, 5.74) is 8.25. The second kappa shape index (κ2) is 9.70. The Labute approximate surface area is 222 Å². The molecule has 0 aliphatic carbocycles. The highest BCUT2D eigenvalue weighted by Gasteiger charge is 2.19. The maximum Gasteiger partial charge on any atom is 0.257 e. The molecule has 0 atom stereocenters. The van der Waals surface area contributed by atoms with Gasteiger partial charge in [0.1, 0.15) is 5.69 Å². The molecule has 3 aromatic heterocycles. The molecule has 2 aromatic carbocycles. The van der Waals surface area contributed by atoms with Crippen LogP contribution in [-0.4, -0.2) is 35.7 Å². The van der Waals surface area contributed by atoms with E-state index in [0.29, 0.717) is 16.9 Å². The smallest absolute Gasteiger partial charge is 0.257 e. The van der Waals surface area contributed by atoms with Crippen molar-refractivity contribution < 1.29 is 4.79 Å². The van der Waals surface area contributed by atoms with Crippen molar-refractivity contribution in [1.82, 2.24) is 29.8 Å². The zero-order chi connectivity index (χ0) is 27.0. The number of rotatable bonds is 5. The molecule has 0 unspecified atom stereocenters. The van der Waals surface area contributed by atoms with Gasteiger partial charge in [-0.3, -0.25) is 9.78 Å². The predicted octanol–water partition coefficient (Wildman–Crippen LogP) is 5.99. The summed E-state index contributed by atoms with van der Waals surface area (Å²) >= 11 is 0. The van der Waals surface area contributed by atoms with Crippen molar-refractivity contribution >= 4 is 11.6 Å². The summed E-state index contributed by atoms with van der Waals surface area (Å²) in [5.74, 6) is -0.195. The van der Waals surface area contributed by atoms with E-state index in [2.05, 4.69) is 46.5 Å². The number of carbonyl (C=O) groups excluding carboxylic acids is 1. The molecule has 5 aromatic rings. The zero-order valence-electron chi connectivity index (χ0n) is 22.5. The summed E-state index contributed by atoms with van der Waals surface area (Å²) in [5, 5.41) is 16.4. The number of carbonyl (C=O) groups is 1. The van der Waals surface area contributed by atoms with Crippen LogP contribution in [0.1, 0.15) is 53.6 Å². The minimum absolute atomic E-state index is 0.104. The lowest BCUT2D eigenvalue weighted by Gasteiger charge is -2.20.